The molecule has 0 atom stereocenters. The number of anilines is 1. The number of carbonyl (C=O) groups is 2. The van der Waals surface area contributed by atoms with Crippen molar-refractivity contribution in [2.45, 2.75) is 32.6 Å². The Morgan fingerprint density at radius 1 is 1.07 bits per heavy atom. The minimum atomic E-state index is 0.909. The highest BCUT2D eigenvalue weighted by molar-refractivity contribution is 5.88. The molecule has 0 spiro atoms. The normalized spacial score (nSPS) is 14.9. The number of benzene rings is 2. The molecular formula is C24H29N3O2. The van der Waals surface area contributed by atoms with E-state index in [9.17, 15) is 0 Å². The lowest BCUT2D eigenvalue weighted by Gasteiger charge is -2.16. The maximum Gasteiger partial charge on any atom is 0.129 e. The number of aryl methyl sites for hydroxylation is 1. The van der Waals surface area contributed by atoms with Gasteiger partial charge >= 0.3 is 0 Å². The van der Waals surface area contributed by atoms with Gasteiger partial charge in [0.25, 0.3) is 0 Å². The molecule has 2 aliphatic rings. The largest absolute Gasteiger partial charge is 0.385 e. The lowest BCUT2D eigenvalue weighted by atomic mass is 10.1. The van der Waals surface area contributed by atoms with E-state index in [4.69, 9.17) is 14.6 Å². The molecular weight excluding hydrogens is 362 g/mol. The summed E-state index contributed by atoms with van der Waals surface area (Å²) in [5.41, 5.74) is 5.09. The number of hydrogen-bond donors (Lipinski definition) is 2. The van der Waals surface area contributed by atoms with Crippen molar-refractivity contribution in [3.63, 3.8) is 0 Å². The first-order valence-electron chi connectivity index (χ1n) is 9.80. The molecule has 0 radical (unpaired) electrons. The summed E-state index contributed by atoms with van der Waals surface area (Å²) in [4.78, 5) is 20.9. The van der Waals surface area contributed by atoms with Gasteiger partial charge in [0.15, 0.2) is 0 Å². The summed E-state index contributed by atoms with van der Waals surface area (Å²) in [6.45, 7) is 8.08. The second kappa shape index (κ2) is 11.6. The first-order valence-corrected chi connectivity index (χ1v) is 9.80. The number of rotatable bonds is 4. The van der Waals surface area contributed by atoms with Crippen LogP contribution < -0.4 is 10.6 Å². The van der Waals surface area contributed by atoms with Crippen molar-refractivity contribution in [2.24, 2.45) is 4.99 Å². The fraction of sp³-hybridized carbons (Fsp3) is 0.292. The van der Waals surface area contributed by atoms with Gasteiger partial charge in [0.2, 0.25) is 0 Å². The molecule has 2 N–H and O–H groups in total. The predicted molar refractivity (Wildman–Crippen MR) is 121 cm³/mol. The second-order valence-electron chi connectivity index (χ2n) is 6.93. The highest BCUT2D eigenvalue weighted by Gasteiger charge is 2.12. The number of nitrogens with zero attached hydrogens (tertiary/aromatic N) is 1. The van der Waals surface area contributed by atoms with Gasteiger partial charge in [-0.2, -0.15) is 0 Å². The van der Waals surface area contributed by atoms with Crippen LogP contribution in [0.15, 0.2) is 64.9 Å². The average Bonchev–Trinajstić information content (AvgIpc) is 2.98. The first-order chi connectivity index (χ1) is 14.3. The third-order valence-electron chi connectivity index (χ3n) is 4.90. The minimum Gasteiger partial charge on any atom is -0.385 e. The van der Waals surface area contributed by atoms with Crippen molar-refractivity contribution < 1.29 is 9.59 Å². The zero-order valence-electron chi connectivity index (χ0n) is 17.0. The van der Waals surface area contributed by atoms with Gasteiger partial charge in [-0.3, -0.25) is 0 Å². The molecule has 0 amide bonds. The first kappa shape index (κ1) is 22.1. The molecule has 0 unspecified atom stereocenters. The molecule has 5 nitrogen and oxygen atoms in total. The van der Waals surface area contributed by atoms with Crippen LogP contribution in [0.3, 0.4) is 0 Å². The van der Waals surface area contributed by atoms with Gasteiger partial charge in [0, 0.05) is 37.3 Å². The molecule has 5 heteroatoms. The monoisotopic (exact) mass is 391 g/mol. The predicted octanol–water partition coefficient (Wildman–Crippen LogP) is 4.58. The molecule has 0 saturated carbocycles. The Hall–Kier alpha value is -3.21. The Bertz CT molecular complexity index is 913. The van der Waals surface area contributed by atoms with E-state index < -0.39 is 0 Å². The van der Waals surface area contributed by atoms with E-state index in [0.29, 0.717) is 0 Å². The van der Waals surface area contributed by atoms with Crippen molar-refractivity contribution in [3.05, 3.63) is 65.5 Å². The van der Waals surface area contributed by atoms with Crippen molar-refractivity contribution in [3.8, 4) is 0 Å². The Morgan fingerprint density at radius 2 is 1.83 bits per heavy atom. The average molecular weight is 392 g/mol. The zero-order valence-corrected chi connectivity index (χ0v) is 17.0. The summed E-state index contributed by atoms with van der Waals surface area (Å²) >= 11 is 0. The third-order valence-corrected chi connectivity index (χ3v) is 4.90. The van der Waals surface area contributed by atoms with E-state index >= 15 is 0 Å². The Labute approximate surface area is 172 Å². The number of allylic oxidation sites excluding steroid dienone is 3. The maximum atomic E-state index is 8.00. The SMILES string of the molecule is C=O.C=O.Cc1ccc2cc(NCCC3=NC4=C(C=CC3)CCCN4)ccc2c1. The Morgan fingerprint density at radius 3 is 2.66 bits per heavy atom. The van der Waals surface area contributed by atoms with E-state index in [1.807, 2.05) is 13.6 Å². The van der Waals surface area contributed by atoms with Crippen molar-refractivity contribution in [1.82, 2.24) is 5.32 Å². The van der Waals surface area contributed by atoms with Crippen LogP contribution in [0, 0.1) is 6.92 Å². The Balaban J connectivity index is 0.000000707. The smallest absolute Gasteiger partial charge is 0.129 e. The molecule has 0 aromatic heterocycles. The number of aliphatic imine (C=N–C) groups is 1. The van der Waals surface area contributed by atoms with Crippen LogP contribution in [-0.4, -0.2) is 32.4 Å². The lowest BCUT2D eigenvalue weighted by molar-refractivity contribution is -0.0987. The van der Waals surface area contributed by atoms with Gasteiger partial charge < -0.3 is 20.2 Å². The van der Waals surface area contributed by atoms with Crippen molar-refractivity contribution in [1.29, 1.82) is 0 Å². The molecule has 0 aliphatic carbocycles. The summed E-state index contributed by atoms with van der Waals surface area (Å²) in [5.74, 6) is 1.09. The zero-order chi connectivity index (χ0) is 21.1. The molecule has 152 valence electrons. The van der Waals surface area contributed by atoms with E-state index in [-0.39, 0.29) is 0 Å². The molecule has 4 rings (SSSR count). The quantitative estimate of drug-likeness (QED) is 0.800. The highest BCUT2D eigenvalue weighted by Crippen LogP contribution is 2.22. The number of hydrogen-bond acceptors (Lipinski definition) is 5. The molecule has 2 heterocycles. The molecule has 29 heavy (non-hydrogen) atoms. The van der Waals surface area contributed by atoms with Crippen molar-refractivity contribution >= 4 is 35.7 Å². The van der Waals surface area contributed by atoms with Crippen LogP contribution in [0.25, 0.3) is 10.8 Å². The fourth-order valence-electron chi connectivity index (χ4n) is 3.52. The van der Waals surface area contributed by atoms with Gasteiger partial charge in [-0.1, -0.05) is 42.0 Å². The van der Waals surface area contributed by atoms with Crippen molar-refractivity contribution in [2.75, 3.05) is 18.4 Å². The molecule has 0 bridgehead atoms. The summed E-state index contributed by atoms with van der Waals surface area (Å²) in [6, 6.07) is 13.2. The van der Waals surface area contributed by atoms with Crippen LogP contribution in [0.1, 0.15) is 31.2 Å². The van der Waals surface area contributed by atoms with E-state index in [0.717, 1.165) is 38.2 Å². The van der Waals surface area contributed by atoms with Crippen LogP contribution in [0.4, 0.5) is 5.69 Å². The van der Waals surface area contributed by atoms with Gasteiger partial charge in [0.05, 0.1) is 0 Å². The molecule has 2 aromatic carbocycles. The summed E-state index contributed by atoms with van der Waals surface area (Å²) in [7, 11) is 0. The summed E-state index contributed by atoms with van der Waals surface area (Å²) < 4.78 is 0. The van der Waals surface area contributed by atoms with Crippen LogP contribution in [0.2, 0.25) is 0 Å². The summed E-state index contributed by atoms with van der Waals surface area (Å²) in [6.07, 6.45) is 8.77. The third kappa shape index (κ3) is 6.14. The molecule has 0 saturated heterocycles. The summed E-state index contributed by atoms with van der Waals surface area (Å²) in [5, 5.41) is 9.58. The fourth-order valence-corrected chi connectivity index (χ4v) is 3.52. The standard InChI is InChI=1S/C22H25N3.2CH2O/c1-16-7-8-19-15-21(10-9-18(19)14-16)23-13-11-20-6-2-4-17-5-3-12-24-22(17)25-20;2*1-2/h2,4,7-10,14-15,23-24H,3,5-6,11-13H2,1H3;2*1H2. The molecule has 2 aromatic rings. The van der Waals surface area contributed by atoms with Crippen LogP contribution >= 0.6 is 0 Å². The Kier molecular flexibility index (Phi) is 8.83. The van der Waals surface area contributed by atoms with Gasteiger partial charge in [-0.25, -0.2) is 4.99 Å². The molecule has 2 aliphatic heterocycles. The lowest BCUT2D eigenvalue weighted by Crippen LogP contribution is -2.20. The highest BCUT2D eigenvalue weighted by atomic mass is 16.1. The van der Waals surface area contributed by atoms with E-state index in [2.05, 4.69) is 66.1 Å². The topological polar surface area (TPSA) is 70.6 Å². The maximum absolute atomic E-state index is 8.00. The number of nitrogens with one attached hydrogen (secondary N) is 2. The van der Waals surface area contributed by atoms with Gasteiger partial charge in [-0.15, -0.1) is 0 Å². The molecule has 0 fully saturated rings. The van der Waals surface area contributed by atoms with E-state index in [1.54, 1.807) is 0 Å². The van der Waals surface area contributed by atoms with Gasteiger partial charge in [0.1, 0.15) is 19.4 Å². The van der Waals surface area contributed by atoms with Gasteiger partial charge in [-0.05, 0) is 48.2 Å². The number of fused-ring (bicyclic) bond motifs is 1. The minimum absolute atomic E-state index is 0.909. The second-order valence-corrected chi connectivity index (χ2v) is 6.93. The van der Waals surface area contributed by atoms with Crippen LogP contribution in [0.5, 0.6) is 0 Å². The van der Waals surface area contributed by atoms with Crippen LogP contribution in [-0.2, 0) is 9.59 Å². The van der Waals surface area contributed by atoms with E-state index in [1.165, 1.54) is 39.7 Å². The number of carbonyl (C=O) groups excluding carboxylic acids is 2.